The molecule has 6 nitrogen and oxygen atoms in total. The van der Waals surface area contributed by atoms with E-state index in [0.29, 0.717) is 19.2 Å². The zero-order chi connectivity index (χ0) is 15.8. The fourth-order valence-corrected chi connectivity index (χ4v) is 2.03. The van der Waals surface area contributed by atoms with Crippen LogP contribution in [0, 0.1) is 10.1 Å². The van der Waals surface area contributed by atoms with Crippen molar-refractivity contribution in [2.45, 2.75) is 19.1 Å². The van der Waals surface area contributed by atoms with Gasteiger partial charge in [-0.1, -0.05) is 0 Å². The van der Waals surface area contributed by atoms with Crippen LogP contribution in [0.3, 0.4) is 0 Å². The highest BCUT2D eigenvalue weighted by Gasteiger charge is 2.34. The smallest absolute Gasteiger partial charge is 0.373 e. The second-order valence-corrected chi connectivity index (χ2v) is 4.75. The van der Waals surface area contributed by atoms with Crippen molar-refractivity contribution < 1.29 is 22.9 Å². The molecular formula is C12H12F3N3O3. The van der Waals surface area contributed by atoms with Gasteiger partial charge in [-0.15, -0.1) is 0 Å². The molecule has 2 rings (SSSR count). The van der Waals surface area contributed by atoms with E-state index in [1.54, 1.807) is 0 Å². The summed E-state index contributed by atoms with van der Waals surface area (Å²) >= 11 is 0. The first-order valence-electron chi connectivity index (χ1n) is 6.06. The number of nitrogens with one attached hydrogen (secondary N) is 1. The molecule has 1 amide bonds. The Kier molecular flexibility index (Phi) is 3.75. The van der Waals surface area contributed by atoms with E-state index < -0.39 is 22.4 Å². The Morgan fingerprint density at radius 2 is 2.05 bits per heavy atom. The number of halogens is 3. The summed E-state index contributed by atoms with van der Waals surface area (Å²) in [6, 6.07) is 2.13. The lowest BCUT2D eigenvalue weighted by molar-refractivity contribution is -0.384. The number of carbonyl (C=O) groups excluding carboxylic acids is 1. The fourth-order valence-electron chi connectivity index (χ4n) is 2.03. The predicted octanol–water partition coefficient (Wildman–Crippen LogP) is 2.26. The van der Waals surface area contributed by atoms with E-state index in [9.17, 15) is 28.1 Å². The standard InChI is InChI=1S/C12H12F3N3O3/c1-7(19)17-5-9(6-17)16-10-3-2-8(12(13,14)15)4-11(10)18(20)21/h2-4,9,16H,5-6H2,1H3. The van der Waals surface area contributed by atoms with E-state index in [4.69, 9.17) is 0 Å². The van der Waals surface area contributed by atoms with Crippen LogP contribution in [0.15, 0.2) is 18.2 Å². The van der Waals surface area contributed by atoms with Crippen molar-refractivity contribution >= 4 is 17.3 Å². The molecule has 114 valence electrons. The van der Waals surface area contributed by atoms with Crippen molar-refractivity contribution in [3.05, 3.63) is 33.9 Å². The van der Waals surface area contributed by atoms with Crippen molar-refractivity contribution in [1.82, 2.24) is 4.90 Å². The first-order valence-corrected chi connectivity index (χ1v) is 6.06. The third-order valence-corrected chi connectivity index (χ3v) is 3.21. The molecule has 1 saturated heterocycles. The maximum absolute atomic E-state index is 12.6. The van der Waals surface area contributed by atoms with Crippen LogP contribution in [0.4, 0.5) is 24.5 Å². The first-order chi connectivity index (χ1) is 9.68. The number of amides is 1. The number of nitro benzene ring substituents is 1. The lowest BCUT2D eigenvalue weighted by Crippen LogP contribution is -2.56. The zero-order valence-corrected chi connectivity index (χ0v) is 11.0. The molecule has 0 spiro atoms. The topological polar surface area (TPSA) is 75.5 Å². The highest BCUT2D eigenvalue weighted by atomic mass is 19.4. The van der Waals surface area contributed by atoms with E-state index in [1.807, 2.05) is 0 Å². The molecule has 0 atom stereocenters. The molecule has 1 N–H and O–H groups in total. The zero-order valence-electron chi connectivity index (χ0n) is 11.0. The fraction of sp³-hybridized carbons (Fsp3) is 0.417. The molecule has 1 aliphatic rings. The molecule has 1 aliphatic heterocycles. The van der Waals surface area contributed by atoms with Crippen LogP contribution in [0.25, 0.3) is 0 Å². The number of anilines is 1. The summed E-state index contributed by atoms with van der Waals surface area (Å²) in [4.78, 5) is 22.6. The van der Waals surface area contributed by atoms with Crippen molar-refractivity contribution in [1.29, 1.82) is 0 Å². The quantitative estimate of drug-likeness (QED) is 0.686. The maximum atomic E-state index is 12.6. The van der Waals surface area contributed by atoms with Crippen LogP contribution >= 0.6 is 0 Å². The Morgan fingerprint density at radius 1 is 1.43 bits per heavy atom. The van der Waals surface area contributed by atoms with Crippen LogP contribution in [0.2, 0.25) is 0 Å². The second kappa shape index (κ2) is 5.23. The minimum atomic E-state index is -4.63. The number of rotatable bonds is 3. The van der Waals surface area contributed by atoms with Gasteiger partial charge in [0.1, 0.15) is 5.69 Å². The van der Waals surface area contributed by atoms with Crippen molar-refractivity contribution in [3.8, 4) is 0 Å². The number of hydrogen-bond donors (Lipinski definition) is 1. The minimum Gasteiger partial charge on any atom is -0.373 e. The Bertz CT molecular complexity index is 583. The summed E-state index contributed by atoms with van der Waals surface area (Å²) in [5, 5.41) is 13.7. The van der Waals surface area contributed by atoms with Crippen LogP contribution in [0.5, 0.6) is 0 Å². The average Bonchev–Trinajstić information content (AvgIpc) is 2.31. The molecule has 1 fully saturated rings. The molecular weight excluding hydrogens is 291 g/mol. The summed E-state index contributed by atoms with van der Waals surface area (Å²) in [5.41, 5.74) is -1.69. The largest absolute Gasteiger partial charge is 0.416 e. The minimum absolute atomic E-state index is 0.0150. The number of alkyl halides is 3. The molecule has 9 heteroatoms. The normalized spacial score (nSPS) is 15.5. The van der Waals surface area contributed by atoms with Crippen molar-refractivity contribution in [2.24, 2.45) is 0 Å². The van der Waals surface area contributed by atoms with Gasteiger partial charge in [0.2, 0.25) is 5.91 Å². The van der Waals surface area contributed by atoms with Gasteiger partial charge in [-0.2, -0.15) is 13.2 Å². The van der Waals surface area contributed by atoms with E-state index in [0.717, 1.165) is 12.1 Å². The SMILES string of the molecule is CC(=O)N1CC(Nc2ccc(C(F)(F)F)cc2[N+](=O)[O-])C1. The van der Waals surface area contributed by atoms with E-state index in [1.165, 1.54) is 11.8 Å². The Hall–Kier alpha value is -2.32. The van der Waals surface area contributed by atoms with Gasteiger partial charge in [0.25, 0.3) is 5.69 Å². The number of benzene rings is 1. The molecule has 1 heterocycles. The van der Waals surface area contributed by atoms with E-state index >= 15 is 0 Å². The van der Waals surface area contributed by atoms with Gasteiger partial charge in [-0.25, -0.2) is 0 Å². The molecule has 0 aromatic heterocycles. The molecule has 1 aromatic rings. The van der Waals surface area contributed by atoms with Gasteiger partial charge in [0.15, 0.2) is 0 Å². The van der Waals surface area contributed by atoms with Gasteiger partial charge < -0.3 is 10.2 Å². The van der Waals surface area contributed by atoms with Gasteiger partial charge in [0.05, 0.1) is 16.5 Å². The Labute approximate surface area is 117 Å². The van der Waals surface area contributed by atoms with Crippen molar-refractivity contribution in [2.75, 3.05) is 18.4 Å². The van der Waals surface area contributed by atoms with Gasteiger partial charge in [0, 0.05) is 26.1 Å². The molecule has 0 saturated carbocycles. The number of nitrogens with zero attached hydrogens (tertiary/aromatic N) is 2. The third kappa shape index (κ3) is 3.23. The Balaban J connectivity index is 2.17. The van der Waals surface area contributed by atoms with Crippen LogP contribution < -0.4 is 5.32 Å². The summed E-state index contributed by atoms with van der Waals surface area (Å²) in [6.45, 7) is 2.14. The predicted molar refractivity (Wildman–Crippen MR) is 67.8 cm³/mol. The summed E-state index contributed by atoms with van der Waals surface area (Å²) in [5.74, 6) is -0.116. The summed E-state index contributed by atoms with van der Waals surface area (Å²) in [7, 11) is 0. The average molecular weight is 303 g/mol. The Morgan fingerprint density at radius 3 is 2.52 bits per heavy atom. The second-order valence-electron chi connectivity index (χ2n) is 4.75. The van der Waals surface area contributed by atoms with Gasteiger partial charge in [-0.3, -0.25) is 14.9 Å². The molecule has 0 aliphatic carbocycles. The molecule has 0 bridgehead atoms. The summed E-state index contributed by atoms with van der Waals surface area (Å²) in [6.07, 6.45) is -4.63. The number of hydrogen-bond acceptors (Lipinski definition) is 4. The summed E-state index contributed by atoms with van der Waals surface area (Å²) < 4.78 is 37.7. The highest BCUT2D eigenvalue weighted by Crippen LogP contribution is 2.35. The van der Waals surface area contributed by atoms with Crippen LogP contribution in [-0.2, 0) is 11.0 Å². The van der Waals surface area contributed by atoms with E-state index in [2.05, 4.69) is 5.32 Å². The number of carbonyl (C=O) groups is 1. The third-order valence-electron chi connectivity index (χ3n) is 3.21. The van der Waals surface area contributed by atoms with Crippen LogP contribution in [0.1, 0.15) is 12.5 Å². The van der Waals surface area contributed by atoms with E-state index in [-0.39, 0.29) is 17.6 Å². The molecule has 1 aromatic carbocycles. The molecule has 0 radical (unpaired) electrons. The highest BCUT2D eigenvalue weighted by molar-refractivity contribution is 5.75. The van der Waals surface area contributed by atoms with Crippen LogP contribution in [-0.4, -0.2) is 34.9 Å². The maximum Gasteiger partial charge on any atom is 0.416 e. The van der Waals surface area contributed by atoms with Gasteiger partial charge >= 0.3 is 6.18 Å². The first kappa shape index (κ1) is 15.1. The molecule has 21 heavy (non-hydrogen) atoms. The van der Waals surface area contributed by atoms with Gasteiger partial charge in [-0.05, 0) is 12.1 Å². The number of likely N-dealkylation sites (tertiary alicyclic amines) is 1. The monoisotopic (exact) mass is 303 g/mol. The number of nitro groups is 1. The lowest BCUT2D eigenvalue weighted by Gasteiger charge is -2.39. The lowest BCUT2D eigenvalue weighted by atomic mass is 10.1. The molecule has 0 unspecified atom stereocenters. The van der Waals surface area contributed by atoms with Crippen molar-refractivity contribution in [3.63, 3.8) is 0 Å².